The number of nitrogens with one attached hydrogen (secondary N) is 1. The normalized spacial score (nSPS) is 10.5. The molecule has 0 unspecified atom stereocenters. The lowest BCUT2D eigenvalue weighted by molar-refractivity contribution is 0.0697. The Bertz CT molecular complexity index is 516. The number of ether oxygens (including phenoxy) is 1. The smallest absolute Gasteiger partial charge is 0.337 e. The van der Waals surface area contributed by atoms with Gasteiger partial charge in [0.15, 0.2) is 0 Å². The molecular weight excluding hydrogens is 276 g/mol. The molecule has 1 rings (SSSR count). The molecule has 0 aliphatic rings. The first kappa shape index (κ1) is 16.8. The number of aromatic hydroxyl groups is 1. The van der Waals surface area contributed by atoms with Gasteiger partial charge in [0.1, 0.15) is 5.75 Å². The van der Waals surface area contributed by atoms with Crippen LogP contribution in [-0.2, 0) is 4.74 Å². The van der Waals surface area contributed by atoms with Crippen molar-refractivity contribution in [2.24, 2.45) is 0 Å². The average molecular weight is 296 g/mol. The molecule has 7 heteroatoms. The summed E-state index contributed by atoms with van der Waals surface area (Å²) in [5.41, 5.74) is -0.0350. The van der Waals surface area contributed by atoms with E-state index in [1.165, 1.54) is 17.0 Å². The van der Waals surface area contributed by atoms with Crippen molar-refractivity contribution in [3.8, 4) is 5.75 Å². The number of rotatable bonds is 6. The molecule has 0 spiro atoms. The number of benzene rings is 1. The lowest BCUT2D eigenvalue weighted by Crippen LogP contribution is -2.42. The number of carboxylic acids is 1. The van der Waals surface area contributed by atoms with Crippen molar-refractivity contribution in [1.29, 1.82) is 0 Å². The molecule has 7 nitrogen and oxygen atoms in total. The highest BCUT2D eigenvalue weighted by Crippen LogP contribution is 2.22. The zero-order valence-electron chi connectivity index (χ0n) is 12.3. The quantitative estimate of drug-likeness (QED) is 0.697. The van der Waals surface area contributed by atoms with Crippen molar-refractivity contribution in [2.45, 2.75) is 19.9 Å². The molecule has 0 heterocycles. The van der Waals surface area contributed by atoms with Crippen molar-refractivity contribution in [1.82, 2.24) is 4.90 Å². The maximum atomic E-state index is 12.2. The first-order chi connectivity index (χ1) is 9.86. The molecule has 0 bridgehead atoms. The van der Waals surface area contributed by atoms with Crippen LogP contribution < -0.4 is 5.32 Å². The fraction of sp³-hybridized carbons (Fsp3) is 0.429. The Labute approximate surface area is 123 Å². The number of aromatic carboxylic acids is 1. The summed E-state index contributed by atoms with van der Waals surface area (Å²) in [6.07, 6.45) is 0. The Morgan fingerprint density at radius 2 is 2.05 bits per heavy atom. The summed E-state index contributed by atoms with van der Waals surface area (Å²) < 4.78 is 4.95. The van der Waals surface area contributed by atoms with Crippen molar-refractivity contribution >= 4 is 17.7 Å². The molecule has 116 valence electrons. The van der Waals surface area contributed by atoms with Gasteiger partial charge >= 0.3 is 12.0 Å². The second-order valence-corrected chi connectivity index (χ2v) is 4.75. The van der Waals surface area contributed by atoms with Crippen LogP contribution in [0.5, 0.6) is 5.75 Å². The molecule has 0 atom stereocenters. The highest BCUT2D eigenvalue weighted by molar-refractivity contribution is 6.00. The van der Waals surface area contributed by atoms with E-state index in [0.29, 0.717) is 13.2 Å². The van der Waals surface area contributed by atoms with Crippen molar-refractivity contribution in [3.63, 3.8) is 0 Å². The van der Waals surface area contributed by atoms with Crippen LogP contribution in [0.25, 0.3) is 0 Å². The van der Waals surface area contributed by atoms with Crippen molar-refractivity contribution < 1.29 is 24.5 Å². The third kappa shape index (κ3) is 4.64. The van der Waals surface area contributed by atoms with Crippen LogP contribution >= 0.6 is 0 Å². The number of carbonyl (C=O) groups excluding carboxylic acids is 1. The van der Waals surface area contributed by atoms with E-state index in [1.54, 1.807) is 7.11 Å². The zero-order chi connectivity index (χ0) is 16.0. The van der Waals surface area contributed by atoms with Gasteiger partial charge < -0.3 is 25.2 Å². The van der Waals surface area contributed by atoms with E-state index < -0.39 is 12.0 Å². The monoisotopic (exact) mass is 296 g/mol. The van der Waals surface area contributed by atoms with Crippen LogP contribution in [-0.4, -0.2) is 53.4 Å². The third-order valence-corrected chi connectivity index (χ3v) is 2.90. The number of carboxylic acid groups (broad SMARTS) is 1. The molecule has 0 aliphatic carbocycles. The molecule has 0 radical (unpaired) electrons. The van der Waals surface area contributed by atoms with Crippen molar-refractivity contribution in [3.05, 3.63) is 23.8 Å². The van der Waals surface area contributed by atoms with Gasteiger partial charge in [0, 0.05) is 19.7 Å². The van der Waals surface area contributed by atoms with E-state index in [0.717, 1.165) is 6.07 Å². The molecule has 0 saturated carbocycles. The van der Waals surface area contributed by atoms with Crippen LogP contribution in [0.4, 0.5) is 10.5 Å². The average Bonchev–Trinajstić information content (AvgIpc) is 2.40. The molecule has 21 heavy (non-hydrogen) atoms. The number of hydrogen-bond acceptors (Lipinski definition) is 4. The Kier molecular flexibility index (Phi) is 5.98. The summed E-state index contributed by atoms with van der Waals surface area (Å²) >= 11 is 0. The van der Waals surface area contributed by atoms with Gasteiger partial charge in [0.25, 0.3) is 0 Å². The van der Waals surface area contributed by atoms with E-state index in [9.17, 15) is 14.7 Å². The van der Waals surface area contributed by atoms with E-state index in [1.807, 2.05) is 13.8 Å². The number of anilines is 1. The fourth-order valence-corrected chi connectivity index (χ4v) is 1.79. The summed E-state index contributed by atoms with van der Waals surface area (Å²) in [4.78, 5) is 24.9. The van der Waals surface area contributed by atoms with E-state index in [-0.39, 0.29) is 23.0 Å². The Morgan fingerprint density at radius 1 is 1.38 bits per heavy atom. The SMILES string of the molecule is COCCN(C(=O)Nc1ccc(O)cc1C(=O)O)C(C)C. The molecular formula is C14H20N2O5. The van der Waals surface area contributed by atoms with Gasteiger partial charge in [-0.3, -0.25) is 0 Å². The van der Waals surface area contributed by atoms with Gasteiger partial charge in [-0.2, -0.15) is 0 Å². The summed E-state index contributed by atoms with van der Waals surface area (Å²) in [5, 5.41) is 21.0. The molecule has 1 aromatic rings. The second kappa shape index (κ2) is 7.49. The lowest BCUT2D eigenvalue weighted by atomic mass is 10.1. The van der Waals surface area contributed by atoms with Crippen LogP contribution in [0.15, 0.2) is 18.2 Å². The molecule has 0 fully saturated rings. The minimum absolute atomic E-state index is 0.0643. The second-order valence-electron chi connectivity index (χ2n) is 4.75. The van der Waals surface area contributed by atoms with Gasteiger partial charge in [-0.25, -0.2) is 9.59 Å². The van der Waals surface area contributed by atoms with Crippen molar-refractivity contribution in [2.75, 3.05) is 25.6 Å². The molecule has 0 aromatic heterocycles. The largest absolute Gasteiger partial charge is 0.508 e. The number of phenolic OH excluding ortho intramolecular Hbond substituents is 1. The van der Waals surface area contributed by atoms with Gasteiger partial charge in [0.2, 0.25) is 0 Å². The van der Waals surface area contributed by atoms with Gasteiger partial charge in [-0.1, -0.05) is 0 Å². The molecule has 0 aliphatic heterocycles. The van der Waals surface area contributed by atoms with E-state index in [2.05, 4.69) is 5.32 Å². The predicted octanol–water partition coefficient (Wildman–Crippen LogP) is 1.98. The summed E-state index contributed by atoms with van der Waals surface area (Å²) in [7, 11) is 1.54. The van der Waals surface area contributed by atoms with Gasteiger partial charge in [0.05, 0.1) is 17.9 Å². The van der Waals surface area contributed by atoms with Gasteiger partial charge in [-0.05, 0) is 32.0 Å². The highest BCUT2D eigenvalue weighted by Gasteiger charge is 2.19. The van der Waals surface area contributed by atoms with Gasteiger partial charge in [-0.15, -0.1) is 0 Å². The maximum Gasteiger partial charge on any atom is 0.337 e. The Hall–Kier alpha value is -2.28. The standard InChI is InChI=1S/C14H20N2O5/c1-9(2)16(6-7-21-3)14(20)15-12-5-4-10(17)8-11(12)13(18)19/h4-5,8-9,17H,6-7H2,1-3H3,(H,15,20)(H,18,19). The third-order valence-electron chi connectivity index (χ3n) is 2.90. The summed E-state index contributed by atoms with van der Waals surface area (Å²) in [6, 6.07) is 3.27. The maximum absolute atomic E-state index is 12.2. The highest BCUT2D eigenvalue weighted by atomic mass is 16.5. The Balaban J connectivity index is 2.93. The number of amides is 2. The van der Waals surface area contributed by atoms with E-state index in [4.69, 9.17) is 9.84 Å². The first-order valence-electron chi connectivity index (χ1n) is 6.49. The van der Waals surface area contributed by atoms with Crippen LogP contribution in [0.2, 0.25) is 0 Å². The minimum atomic E-state index is -1.23. The lowest BCUT2D eigenvalue weighted by Gasteiger charge is -2.27. The molecule has 1 aromatic carbocycles. The predicted molar refractivity (Wildman–Crippen MR) is 77.8 cm³/mol. The Morgan fingerprint density at radius 3 is 2.57 bits per heavy atom. The topological polar surface area (TPSA) is 99.1 Å². The minimum Gasteiger partial charge on any atom is -0.508 e. The fourth-order valence-electron chi connectivity index (χ4n) is 1.79. The molecule has 3 N–H and O–H groups in total. The van der Waals surface area contributed by atoms with Crippen LogP contribution in [0.3, 0.4) is 0 Å². The number of phenols is 1. The number of urea groups is 1. The van der Waals surface area contributed by atoms with Crippen LogP contribution in [0, 0.1) is 0 Å². The number of hydrogen-bond donors (Lipinski definition) is 3. The zero-order valence-corrected chi connectivity index (χ0v) is 12.3. The summed E-state index contributed by atoms with van der Waals surface area (Å²) in [5.74, 6) is -1.40. The number of nitrogens with zero attached hydrogens (tertiary/aromatic N) is 1. The number of carbonyl (C=O) groups is 2. The van der Waals surface area contributed by atoms with Crippen LogP contribution in [0.1, 0.15) is 24.2 Å². The first-order valence-corrected chi connectivity index (χ1v) is 6.49. The number of methoxy groups -OCH3 is 1. The van der Waals surface area contributed by atoms with E-state index >= 15 is 0 Å². The molecule has 2 amide bonds. The molecule has 0 saturated heterocycles. The summed E-state index contributed by atoms with van der Waals surface area (Å²) in [6.45, 7) is 4.47.